The molecule has 0 atom stereocenters. The van der Waals surface area contributed by atoms with Crippen molar-refractivity contribution in [2.75, 3.05) is 0 Å². The van der Waals surface area contributed by atoms with Crippen LogP contribution in [0.15, 0.2) is 0 Å². The van der Waals surface area contributed by atoms with E-state index >= 15 is 0 Å². The molecule has 34 valence electrons. The van der Waals surface area contributed by atoms with Crippen molar-refractivity contribution in [3.05, 3.63) is 0 Å². The molecule has 1 N–H and O–H groups in total. The second-order valence-electron chi connectivity index (χ2n) is 0.469. The van der Waals surface area contributed by atoms with Crippen molar-refractivity contribution in [3.8, 4) is 0 Å². The zero-order valence-electron chi connectivity index (χ0n) is 4.12. The summed E-state index contributed by atoms with van der Waals surface area (Å²) in [6, 6.07) is 0. The van der Waals surface area contributed by atoms with E-state index in [0.717, 1.165) is 0 Å². The summed E-state index contributed by atoms with van der Waals surface area (Å²) in [5.74, 6) is 0. The Bertz CT molecular complexity index is 55.8. The molecule has 0 aliphatic rings. The largest absolute Gasteiger partial charge is 0.790 e. The molecule has 0 aliphatic carbocycles. The molecule has 0 fully saturated rings. The van der Waals surface area contributed by atoms with Gasteiger partial charge < -0.3 is 19.2 Å². The van der Waals surface area contributed by atoms with Crippen LogP contribution in [0.5, 0.6) is 0 Å². The summed E-state index contributed by atoms with van der Waals surface area (Å²) in [7, 11) is -5.14. The Morgan fingerprint density at radius 2 is 1.29 bits per heavy atom. The molecule has 7 heteroatoms. The minimum absolute atomic E-state index is 0. The van der Waals surface area contributed by atoms with Crippen LogP contribution >= 0.6 is 7.82 Å². The zero-order valence-corrected chi connectivity index (χ0v) is 11.3. The predicted molar refractivity (Wildman–Crippen MR) is 21.3 cm³/mol. The zero-order chi connectivity index (χ0) is 4.50. The Balaban J connectivity index is -0.0000000800. The van der Waals surface area contributed by atoms with Crippen molar-refractivity contribution in [3.63, 3.8) is 0 Å². The van der Waals surface area contributed by atoms with Crippen molar-refractivity contribution in [2.45, 2.75) is 0 Å². The fourth-order valence-electron chi connectivity index (χ4n) is 0. The van der Waals surface area contributed by atoms with Crippen LogP contribution in [0.25, 0.3) is 0 Å². The van der Waals surface area contributed by atoms with Crippen LogP contribution in [0.3, 0.4) is 0 Å². The first-order valence-corrected chi connectivity index (χ1v) is 2.24. The molecule has 0 aromatic carbocycles. The minimum atomic E-state index is -5.14. The van der Waals surface area contributed by atoms with Crippen molar-refractivity contribution in [2.24, 2.45) is 0 Å². The van der Waals surface area contributed by atoms with Crippen LogP contribution < -0.4 is 9.79 Å². The Morgan fingerprint density at radius 1 is 1.29 bits per heavy atom. The first-order valence-electron chi connectivity index (χ1n) is 0.748. The van der Waals surface area contributed by atoms with E-state index in [-0.39, 0.29) is 103 Å². The maximum atomic E-state index is 8.66. The topological polar surface area (TPSA) is 83.4 Å². The van der Waals surface area contributed by atoms with E-state index in [1.165, 1.54) is 0 Å². The van der Waals surface area contributed by atoms with E-state index < -0.39 is 7.82 Å². The van der Waals surface area contributed by atoms with Crippen LogP contribution in [0, 0.1) is 0 Å². The first kappa shape index (κ1) is 16.8. The number of hydrogen-bond acceptors (Lipinski definition) is 3. The van der Waals surface area contributed by atoms with Crippen LogP contribution in [-0.2, 0) is 4.57 Å². The molecule has 0 saturated heterocycles. The smallest absolute Gasteiger partial charge is 0.0557 e. The SMILES string of the molecule is O=P([O-])([O-])O.[K].[K]. The molecule has 7 heavy (non-hydrogen) atoms. The summed E-state index contributed by atoms with van der Waals surface area (Å²) in [5, 5.41) is 0. The molecule has 0 heterocycles. The van der Waals surface area contributed by atoms with Gasteiger partial charge in [-0.2, -0.15) is 0 Å². The van der Waals surface area contributed by atoms with Crippen molar-refractivity contribution >= 4 is 111 Å². The van der Waals surface area contributed by atoms with Gasteiger partial charge in [-0.3, -0.25) is 0 Å². The van der Waals surface area contributed by atoms with Gasteiger partial charge >= 0.3 is 0 Å². The van der Waals surface area contributed by atoms with Gasteiger partial charge in [0.1, 0.15) is 0 Å². The molecule has 0 rings (SSSR count). The molecule has 0 bridgehead atoms. The third kappa shape index (κ3) is 44.7. The second kappa shape index (κ2) is 7.49. The maximum Gasteiger partial charge on any atom is 0.0557 e. The van der Waals surface area contributed by atoms with Gasteiger partial charge in [0, 0.05) is 103 Å². The molecule has 4 nitrogen and oxygen atoms in total. The normalized spacial score (nSPS) is 8.43. The number of phosphoric acid groups is 1. The Kier molecular flexibility index (Phi) is 17.9. The molecular weight excluding hydrogens is 173 g/mol. The second-order valence-corrected chi connectivity index (χ2v) is 1.41. The molecule has 0 saturated carbocycles. The van der Waals surface area contributed by atoms with Gasteiger partial charge in [0.2, 0.25) is 0 Å². The van der Waals surface area contributed by atoms with Crippen molar-refractivity contribution in [1.29, 1.82) is 0 Å². The quantitative estimate of drug-likeness (QED) is 0.314. The summed E-state index contributed by atoms with van der Waals surface area (Å²) in [6.45, 7) is 0. The van der Waals surface area contributed by atoms with E-state index in [1.54, 1.807) is 0 Å². The Labute approximate surface area is 126 Å². The van der Waals surface area contributed by atoms with Gasteiger partial charge in [-0.05, 0) is 0 Å². The summed E-state index contributed by atoms with van der Waals surface area (Å²) < 4.78 is 8.66. The maximum absolute atomic E-state index is 8.66. The summed E-state index contributed by atoms with van der Waals surface area (Å²) in [5.41, 5.74) is 0. The molecule has 2 radical (unpaired) electrons. The molecule has 0 aliphatic heterocycles. The van der Waals surface area contributed by atoms with Crippen LogP contribution in [0.4, 0.5) is 0 Å². The van der Waals surface area contributed by atoms with Crippen LogP contribution in [0.2, 0.25) is 0 Å². The third-order valence-corrected chi connectivity index (χ3v) is 0. The number of rotatable bonds is 0. The standard InChI is InChI=1S/2K.H3O4P/c;;1-5(2,3)4/h;;(H3,1,2,3,4)/p-2. The van der Waals surface area contributed by atoms with Gasteiger partial charge in [0.05, 0.1) is 7.82 Å². The van der Waals surface area contributed by atoms with Gasteiger partial charge in [0.25, 0.3) is 0 Å². The van der Waals surface area contributed by atoms with E-state index in [0.29, 0.717) is 0 Å². The molecule has 0 amide bonds. The van der Waals surface area contributed by atoms with Gasteiger partial charge in [-0.1, -0.05) is 0 Å². The molecule has 0 aromatic heterocycles. The summed E-state index contributed by atoms with van der Waals surface area (Å²) in [6.07, 6.45) is 0. The average molecular weight is 174 g/mol. The average Bonchev–Trinajstić information content (AvgIpc) is 0.722. The van der Waals surface area contributed by atoms with Crippen LogP contribution in [-0.4, -0.2) is 108 Å². The van der Waals surface area contributed by atoms with Crippen LogP contribution in [0.1, 0.15) is 0 Å². The fraction of sp³-hybridized carbons (Fsp3) is 0. The first-order chi connectivity index (χ1) is 2.00. The third-order valence-electron chi connectivity index (χ3n) is 0. The summed E-state index contributed by atoms with van der Waals surface area (Å²) >= 11 is 0. The molecule has 0 unspecified atom stereocenters. The van der Waals surface area contributed by atoms with E-state index in [9.17, 15) is 0 Å². The molecule has 0 aromatic rings. The van der Waals surface area contributed by atoms with Gasteiger partial charge in [-0.25, -0.2) is 0 Å². The van der Waals surface area contributed by atoms with E-state index in [4.69, 9.17) is 19.2 Å². The van der Waals surface area contributed by atoms with Gasteiger partial charge in [-0.15, -0.1) is 0 Å². The summed E-state index contributed by atoms with van der Waals surface area (Å²) in [4.78, 5) is 24.3. The molecule has 0 spiro atoms. The fourth-order valence-corrected chi connectivity index (χ4v) is 0. The van der Waals surface area contributed by atoms with Crippen molar-refractivity contribution < 1.29 is 19.2 Å². The van der Waals surface area contributed by atoms with Gasteiger partial charge in [0.15, 0.2) is 0 Å². The monoisotopic (exact) mass is 174 g/mol. The Morgan fingerprint density at radius 3 is 1.29 bits per heavy atom. The van der Waals surface area contributed by atoms with E-state index in [2.05, 4.69) is 0 Å². The Hall–Kier alpha value is 3.38. The molecular formula is HK2O4P-2. The number of hydrogen-bond donors (Lipinski definition) is 1. The predicted octanol–water partition coefficient (Wildman–Crippen LogP) is -2.95. The minimum Gasteiger partial charge on any atom is -0.790 e. The van der Waals surface area contributed by atoms with E-state index in [1.807, 2.05) is 0 Å². The van der Waals surface area contributed by atoms with Crippen molar-refractivity contribution in [1.82, 2.24) is 0 Å².